The number of hydrogen-bond donors (Lipinski definition) is 1. The average molecular weight is 446 g/mol. The van der Waals surface area contributed by atoms with Crippen molar-refractivity contribution in [1.29, 1.82) is 0 Å². The molecule has 1 rings (SSSR count). The van der Waals surface area contributed by atoms with Crippen LogP contribution in [-0.2, 0) is 30.1 Å². The van der Waals surface area contributed by atoms with Gasteiger partial charge in [-0.05, 0) is 48.7 Å². The van der Waals surface area contributed by atoms with Crippen molar-refractivity contribution in [3.05, 3.63) is 29.8 Å². The van der Waals surface area contributed by atoms with E-state index >= 15 is 0 Å². The summed E-state index contributed by atoms with van der Waals surface area (Å²) in [5.74, 6) is 0.551. The number of amides is 1. The van der Waals surface area contributed by atoms with Crippen LogP contribution in [0, 0.1) is 0 Å². The Morgan fingerprint density at radius 1 is 1.17 bits per heavy atom. The predicted molar refractivity (Wildman–Crippen MR) is 117 cm³/mol. The fraction of sp³-hybridized carbons (Fsp3) is 0.650. The summed E-state index contributed by atoms with van der Waals surface area (Å²) >= 11 is 0. The third-order valence-electron chi connectivity index (χ3n) is 5.07. The van der Waals surface area contributed by atoms with E-state index in [-0.39, 0.29) is 17.6 Å². The lowest BCUT2D eigenvalue weighted by molar-refractivity contribution is -0.129. The summed E-state index contributed by atoms with van der Waals surface area (Å²) < 4.78 is 38.5. The number of ether oxygens (including phenoxy) is 1. The van der Waals surface area contributed by atoms with Crippen molar-refractivity contribution in [1.82, 2.24) is 5.32 Å². The summed E-state index contributed by atoms with van der Waals surface area (Å²) in [5.41, 5.74) is 0.950. The van der Waals surface area contributed by atoms with Crippen LogP contribution in [0.1, 0.15) is 39.2 Å². The molecule has 0 aliphatic heterocycles. The third-order valence-corrected chi connectivity index (χ3v) is 10.2. The van der Waals surface area contributed by atoms with Crippen LogP contribution in [0.5, 0.6) is 5.75 Å². The van der Waals surface area contributed by atoms with Crippen molar-refractivity contribution >= 4 is 24.3 Å². The highest BCUT2D eigenvalue weighted by atomic mass is 32.2. The largest absolute Gasteiger partial charge is 0.497 e. The summed E-state index contributed by atoms with van der Waals surface area (Å²) in [7, 11) is -4.08. The highest BCUT2D eigenvalue weighted by Crippen LogP contribution is 2.37. The van der Waals surface area contributed by atoms with E-state index in [0.717, 1.165) is 17.6 Å². The fourth-order valence-electron chi connectivity index (χ4n) is 2.30. The summed E-state index contributed by atoms with van der Waals surface area (Å²) in [5, 5.41) is 2.88. The highest BCUT2D eigenvalue weighted by molar-refractivity contribution is 7.85. The molecule has 0 unspecified atom stereocenters. The second-order valence-corrected chi connectivity index (χ2v) is 15.0. The van der Waals surface area contributed by atoms with Crippen molar-refractivity contribution in [3.63, 3.8) is 0 Å². The van der Waals surface area contributed by atoms with Crippen LogP contribution in [0.3, 0.4) is 0 Å². The first-order chi connectivity index (χ1) is 13.2. The fourth-order valence-corrected chi connectivity index (χ4v) is 4.01. The van der Waals surface area contributed by atoms with Gasteiger partial charge in [0.15, 0.2) is 8.32 Å². The molecule has 0 saturated heterocycles. The van der Waals surface area contributed by atoms with Gasteiger partial charge in [-0.25, -0.2) is 0 Å². The normalized spacial score (nSPS) is 13.8. The van der Waals surface area contributed by atoms with E-state index in [2.05, 4.69) is 39.2 Å². The minimum atomic E-state index is -3.50. The lowest BCUT2D eigenvalue weighted by Gasteiger charge is -2.38. The molecular formula is C20H35NO6SSi. The zero-order valence-corrected chi connectivity index (χ0v) is 20.4. The Morgan fingerprint density at radius 3 is 2.24 bits per heavy atom. The molecule has 0 aliphatic rings. The minimum absolute atomic E-state index is 0.0297. The second kappa shape index (κ2) is 10.6. The molecule has 0 aromatic heterocycles. The van der Waals surface area contributed by atoms with Gasteiger partial charge < -0.3 is 14.5 Å². The first-order valence-electron chi connectivity index (χ1n) is 9.68. The molecule has 1 N–H and O–H groups in total. The molecule has 0 bridgehead atoms. The van der Waals surface area contributed by atoms with Crippen LogP contribution in [0.2, 0.25) is 18.1 Å². The Bertz CT molecular complexity index is 756. The summed E-state index contributed by atoms with van der Waals surface area (Å²) in [6.07, 6.45) is 1.15. The smallest absolute Gasteiger partial charge is 0.264 e. The van der Waals surface area contributed by atoms with Crippen LogP contribution < -0.4 is 10.1 Å². The highest BCUT2D eigenvalue weighted by Gasteiger charge is 2.40. The Balaban J connectivity index is 2.77. The number of benzene rings is 1. The number of carbonyl (C=O) groups excluding carboxylic acids is 1. The summed E-state index contributed by atoms with van der Waals surface area (Å²) in [6.45, 7) is 10.9. The van der Waals surface area contributed by atoms with Gasteiger partial charge in [-0.3, -0.25) is 8.98 Å². The number of rotatable bonds is 11. The standard InChI is InChI=1S/C20H35NO6SSi/c1-20(2,3)29(6,7)27-18(9-8-14-26-28(5,23)24)19(22)21-15-16-10-12-17(25-4)13-11-16/h10-13,18H,8-9,14-15H2,1-7H3,(H,21,22)/t18-/m0/s1. The van der Waals surface area contributed by atoms with Crippen molar-refractivity contribution in [2.75, 3.05) is 20.0 Å². The molecule has 0 radical (unpaired) electrons. The SMILES string of the molecule is COc1ccc(CNC(=O)[C@H](CCCOS(C)(=O)=O)O[Si](C)(C)C(C)(C)C)cc1. The van der Waals surface area contributed by atoms with Gasteiger partial charge in [0.1, 0.15) is 11.9 Å². The molecule has 0 fully saturated rings. The molecule has 0 heterocycles. The molecule has 7 nitrogen and oxygen atoms in total. The topological polar surface area (TPSA) is 90.9 Å². The quantitative estimate of drug-likeness (QED) is 0.319. The van der Waals surface area contributed by atoms with Crippen LogP contribution in [-0.4, -0.2) is 48.7 Å². The van der Waals surface area contributed by atoms with E-state index in [9.17, 15) is 13.2 Å². The first-order valence-corrected chi connectivity index (χ1v) is 14.4. The molecule has 1 atom stereocenters. The number of carbonyl (C=O) groups is 1. The van der Waals surface area contributed by atoms with Gasteiger partial charge in [-0.2, -0.15) is 8.42 Å². The molecule has 29 heavy (non-hydrogen) atoms. The van der Waals surface area contributed by atoms with Gasteiger partial charge in [-0.1, -0.05) is 32.9 Å². The van der Waals surface area contributed by atoms with Gasteiger partial charge in [0.05, 0.1) is 20.0 Å². The first kappa shape index (κ1) is 25.6. The predicted octanol–water partition coefficient (Wildman–Crippen LogP) is 3.46. The summed E-state index contributed by atoms with van der Waals surface area (Å²) in [6, 6.07) is 7.47. The van der Waals surface area contributed by atoms with Crippen LogP contribution in [0.15, 0.2) is 24.3 Å². The molecule has 1 aromatic rings. The second-order valence-electron chi connectivity index (χ2n) is 8.60. The lowest BCUT2D eigenvalue weighted by Crippen LogP contribution is -2.48. The Kier molecular flexibility index (Phi) is 9.33. The van der Waals surface area contributed by atoms with E-state index < -0.39 is 24.5 Å². The van der Waals surface area contributed by atoms with E-state index in [1.807, 2.05) is 24.3 Å². The van der Waals surface area contributed by atoms with Crippen LogP contribution in [0.25, 0.3) is 0 Å². The van der Waals surface area contributed by atoms with E-state index in [1.165, 1.54) is 0 Å². The molecule has 9 heteroatoms. The van der Waals surface area contributed by atoms with E-state index in [0.29, 0.717) is 19.4 Å². The number of methoxy groups -OCH3 is 1. The molecule has 0 spiro atoms. The van der Waals surface area contributed by atoms with Gasteiger partial charge in [0.25, 0.3) is 10.1 Å². The Morgan fingerprint density at radius 2 is 1.76 bits per heavy atom. The zero-order valence-electron chi connectivity index (χ0n) is 18.6. The van der Waals surface area contributed by atoms with Crippen molar-refractivity contribution in [2.45, 2.75) is 64.4 Å². The van der Waals surface area contributed by atoms with E-state index in [1.54, 1.807) is 7.11 Å². The van der Waals surface area contributed by atoms with Gasteiger partial charge in [-0.15, -0.1) is 0 Å². The van der Waals surface area contributed by atoms with E-state index in [4.69, 9.17) is 13.3 Å². The zero-order chi connectivity index (χ0) is 22.3. The van der Waals surface area contributed by atoms with Gasteiger partial charge in [0.2, 0.25) is 5.91 Å². The molecule has 166 valence electrons. The molecule has 0 saturated carbocycles. The molecule has 0 aliphatic carbocycles. The Labute approximate surface area is 176 Å². The maximum absolute atomic E-state index is 12.8. The van der Waals surface area contributed by atoms with Crippen molar-refractivity contribution < 1.29 is 26.6 Å². The summed E-state index contributed by atoms with van der Waals surface area (Å²) in [4.78, 5) is 12.8. The van der Waals surface area contributed by atoms with Gasteiger partial charge in [0, 0.05) is 6.54 Å². The third kappa shape index (κ3) is 9.29. The molecular weight excluding hydrogens is 410 g/mol. The number of hydrogen-bond acceptors (Lipinski definition) is 6. The van der Waals surface area contributed by atoms with Crippen molar-refractivity contribution in [3.8, 4) is 5.75 Å². The minimum Gasteiger partial charge on any atom is -0.497 e. The number of nitrogens with one attached hydrogen (secondary N) is 1. The van der Waals surface area contributed by atoms with Crippen molar-refractivity contribution in [2.24, 2.45) is 0 Å². The average Bonchev–Trinajstić information content (AvgIpc) is 2.60. The van der Waals surface area contributed by atoms with Crippen LogP contribution >= 0.6 is 0 Å². The monoisotopic (exact) mass is 445 g/mol. The maximum atomic E-state index is 12.8. The van der Waals surface area contributed by atoms with Gasteiger partial charge >= 0.3 is 0 Å². The lowest BCUT2D eigenvalue weighted by atomic mass is 10.1. The Hall–Kier alpha value is -1.42. The maximum Gasteiger partial charge on any atom is 0.264 e. The van der Waals surface area contributed by atoms with Crippen LogP contribution in [0.4, 0.5) is 0 Å². The molecule has 1 amide bonds. The molecule has 1 aromatic carbocycles.